The van der Waals surface area contributed by atoms with E-state index in [0.717, 1.165) is 39.2 Å². The highest BCUT2D eigenvalue weighted by Gasteiger charge is 2.18. The van der Waals surface area contributed by atoms with E-state index in [-0.39, 0.29) is 6.79 Å². The first-order valence-corrected chi connectivity index (χ1v) is 7.30. The summed E-state index contributed by atoms with van der Waals surface area (Å²) in [5, 5.41) is 5.85. The minimum atomic E-state index is 0.250. The third-order valence-electron chi connectivity index (χ3n) is 3.75. The minimum absolute atomic E-state index is 0.250. The summed E-state index contributed by atoms with van der Waals surface area (Å²) in [7, 11) is 1.85. The lowest BCUT2D eigenvalue weighted by Crippen LogP contribution is -1.95. The number of benzene rings is 2. The second-order valence-corrected chi connectivity index (χ2v) is 5.47. The van der Waals surface area contributed by atoms with Crippen LogP contribution in [0, 0.1) is 0 Å². The molecule has 0 spiro atoms. The molecule has 0 bridgehead atoms. The monoisotopic (exact) mass is 312 g/mol. The number of nitrogens with zero attached hydrogens (tertiary/aromatic N) is 1. The average molecular weight is 313 g/mol. The van der Waals surface area contributed by atoms with E-state index >= 15 is 0 Å². The number of aromatic nitrogens is 1. The van der Waals surface area contributed by atoms with Gasteiger partial charge in [0.1, 0.15) is 5.82 Å². The Morgan fingerprint density at radius 3 is 2.59 bits per heavy atom. The number of fused-ring (bicyclic) bond motifs is 2. The van der Waals surface area contributed by atoms with Crippen LogP contribution in [0.15, 0.2) is 42.6 Å². The second kappa shape index (κ2) is 5.07. The van der Waals surface area contributed by atoms with E-state index in [4.69, 9.17) is 21.1 Å². The Kier molecular flexibility index (Phi) is 3.05. The van der Waals surface area contributed by atoms with Gasteiger partial charge in [-0.2, -0.15) is 0 Å². The zero-order valence-corrected chi connectivity index (χ0v) is 12.6. The fraction of sp³-hybridized carbons (Fsp3) is 0.118. The molecule has 110 valence electrons. The Bertz CT molecular complexity index is 880. The highest BCUT2D eigenvalue weighted by molar-refractivity contribution is 6.30. The Labute approximate surface area is 132 Å². The first kappa shape index (κ1) is 13.2. The van der Waals surface area contributed by atoms with Crippen molar-refractivity contribution in [1.82, 2.24) is 4.98 Å². The molecule has 22 heavy (non-hydrogen) atoms. The fourth-order valence-corrected chi connectivity index (χ4v) is 2.90. The maximum atomic E-state index is 6.12. The molecule has 1 aromatic heterocycles. The molecular formula is C17H13ClN2O2. The van der Waals surface area contributed by atoms with Gasteiger partial charge >= 0.3 is 0 Å². The van der Waals surface area contributed by atoms with Crippen molar-refractivity contribution in [2.45, 2.75) is 0 Å². The van der Waals surface area contributed by atoms with Crippen LogP contribution in [-0.4, -0.2) is 18.8 Å². The summed E-state index contributed by atoms with van der Waals surface area (Å²) in [6.07, 6.45) is 1.85. The maximum absolute atomic E-state index is 6.12. The highest BCUT2D eigenvalue weighted by Crippen LogP contribution is 2.41. The van der Waals surface area contributed by atoms with Gasteiger partial charge in [-0.25, -0.2) is 4.98 Å². The quantitative estimate of drug-likeness (QED) is 0.765. The number of anilines is 1. The van der Waals surface area contributed by atoms with E-state index in [9.17, 15) is 0 Å². The molecule has 0 saturated heterocycles. The van der Waals surface area contributed by atoms with E-state index in [1.54, 1.807) is 0 Å². The SMILES string of the molecule is CNc1ncc(-c2cccc(Cl)c2)c2cc3c(cc12)OCO3. The van der Waals surface area contributed by atoms with Gasteiger partial charge < -0.3 is 14.8 Å². The minimum Gasteiger partial charge on any atom is -0.454 e. The molecule has 4 nitrogen and oxygen atoms in total. The standard InChI is InChI=1S/C17H13ClN2O2/c1-19-17-13-7-16-15(21-9-22-16)6-12(13)14(8-20-17)10-3-2-4-11(18)5-10/h2-8H,9H2,1H3,(H,19,20). The van der Waals surface area contributed by atoms with Crippen molar-refractivity contribution in [1.29, 1.82) is 0 Å². The van der Waals surface area contributed by atoms with E-state index in [2.05, 4.69) is 10.3 Å². The van der Waals surface area contributed by atoms with Crippen LogP contribution in [-0.2, 0) is 0 Å². The lowest BCUT2D eigenvalue weighted by Gasteiger charge is -2.11. The van der Waals surface area contributed by atoms with Gasteiger partial charge in [0.2, 0.25) is 6.79 Å². The summed E-state index contributed by atoms with van der Waals surface area (Å²) in [5.74, 6) is 2.30. The van der Waals surface area contributed by atoms with Crippen LogP contribution in [0.25, 0.3) is 21.9 Å². The Morgan fingerprint density at radius 2 is 1.86 bits per heavy atom. The molecule has 2 heterocycles. The molecule has 1 aliphatic heterocycles. The molecular weight excluding hydrogens is 300 g/mol. The van der Waals surface area contributed by atoms with Gasteiger partial charge in [-0.3, -0.25) is 0 Å². The summed E-state index contributed by atoms with van der Waals surface area (Å²) in [6, 6.07) is 11.7. The summed E-state index contributed by atoms with van der Waals surface area (Å²) in [4.78, 5) is 4.51. The predicted molar refractivity (Wildman–Crippen MR) is 87.9 cm³/mol. The van der Waals surface area contributed by atoms with Gasteiger partial charge in [0.25, 0.3) is 0 Å². The van der Waals surface area contributed by atoms with E-state index in [1.807, 2.05) is 49.6 Å². The lowest BCUT2D eigenvalue weighted by molar-refractivity contribution is 0.174. The number of hydrogen-bond donors (Lipinski definition) is 1. The smallest absolute Gasteiger partial charge is 0.231 e. The van der Waals surface area contributed by atoms with Crippen molar-refractivity contribution >= 4 is 28.2 Å². The van der Waals surface area contributed by atoms with Gasteiger partial charge in [0.15, 0.2) is 11.5 Å². The Balaban J connectivity index is 2.03. The van der Waals surface area contributed by atoms with Crippen molar-refractivity contribution in [3.63, 3.8) is 0 Å². The van der Waals surface area contributed by atoms with Crippen molar-refractivity contribution in [2.75, 3.05) is 19.2 Å². The summed E-state index contributed by atoms with van der Waals surface area (Å²) in [6.45, 7) is 0.250. The molecule has 0 unspecified atom stereocenters. The van der Waals surface area contributed by atoms with Gasteiger partial charge in [-0.1, -0.05) is 23.7 Å². The van der Waals surface area contributed by atoms with Crippen LogP contribution in [0.3, 0.4) is 0 Å². The number of rotatable bonds is 2. The summed E-state index contributed by atoms with van der Waals surface area (Å²) in [5.41, 5.74) is 2.03. The third-order valence-corrected chi connectivity index (χ3v) is 3.99. The largest absolute Gasteiger partial charge is 0.454 e. The first-order chi connectivity index (χ1) is 10.8. The first-order valence-electron chi connectivity index (χ1n) is 6.92. The molecule has 1 N–H and O–H groups in total. The molecule has 0 fully saturated rings. The molecule has 4 rings (SSSR count). The molecule has 5 heteroatoms. The van der Waals surface area contributed by atoms with E-state index in [1.165, 1.54) is 0 Å². The molecule has 2 aromatic carbocycles. The van der Waals surface area contributed by atoms with E-state index < -0.39 is 0 Å². The zero-order valence-electron chi connectivity index (χ0n) is 11.9. The van der Waals surface area contributed by atoms with Crippen LogP contribution in [0.5, 0.6) is 11.5 Å². The van der Waals surface area contributed by atoms with Crippen molar-refractivity contribution in [3.8, 4) is 22.6 Å². The zero-order chi connectivity index (χ0) is 15.1. The van der Waals surface area contributed by atoms with Gasteiger partial charge in [0.05, 0.1) is 0 Å². The number of ether oxygens (including phenoxy) is 2. The summed E-state index contributed by atoms with van der Waals surface area (Å²) < 4.78 is 11.0. The molecule has 0 amide bonds. The Morgan fingerprint density at radius 1 is 1.09 bits per heavy atom. The number of halogens is 1. The predicted octanol–water partition coefficient (Wildman–Crippen LogP) is 4.33. The Hall–Kier alpha value is -2.46. The molecule has 0 radical (unpaired) electrons. The number of hydrogen-bond acceptors (Lipinski definition) is 4. The topological polar surface area (TPSA) is 43.4 Å². The van der Waals surface area contributed by atoms with Crippen molar-refractivity contribution in [2.24, 2.45) is 0 Å². The van der Waals surface area contributed by atoms with E-state index in [0.29, 0.717) is 5.02 Å². The average Bonchev–Trinajstić information content (AvgIpc) is 2.99. The summed E-state index contributed by atoms with van der Waals surface area (Å²) >= 11 is 6.12. The molecule has 0 saturated carbocycles. The third kappa shape index (κ3) is 2.04. The van der Waals surface area contributed by atoms with Gasteiger partial charge in [0, 0.05) is 29.2 Å². The van der Waals surface area contributed by atoms with Crippen molar-refractivity contribution in [3.05, 3.63) is 47.6 Å². The van der Waals surface area contributed by atoms with Crippen LogP contribution in [0.1, 0.15) is 0 Å². The van der Waals surface area contributed by atoms with Gasteiger partial charge in [-0.15, -0.1) is 0 Å². The lowest BCUT2D eigenvalue weighted by atomic mass is 10.00. The molecule has 3 aromatic rings. The van der Waals surface area contributed by atoms with Crippen LogP contribution >= 0.6 is 11.6 Å². The number of pyridine rings is 1. The molecule has 0 aliphatic carbocycles. The van der Waals surface area contributed by atoms with Gasteiger partial charge in [-0.05, 0) is 35.2 Å². The van der Waals surface area contributed by atoms with Crippen LogP contribution in [0.4, 0.5) is 5.82 Å². The fourth-order valence-electron chi connectivity index (χ4n) is 2.71. The maximum Gasteiger partial charge on any atom is 0.231 e. The second-order valence-electron chi connectivity index (χ2n) is 5.03. The van der Waals surface area contributed by atoms with Crippen LogP contribution in [0.2, 0.25) is 5.02 Å². The van der Waals surface area contributed by atoms with Crippen LogP contribution < -0.4 is 14.8 Å². The van der Waals surface area contributed by atoms with Crippen molar-refractivity contribution < 1.29 is 9.47 Å². The number of nitrogens with one attached hydrogen (secondary N) is 1. The highest BCUT2D eigenvalue weighted by atomic mass is 35.5. The molecule has 1 aliphatic rings. The normalized spacial score (nSPS) is 12.6. The molecule has 0 atom stereocenters.